The van der Waals surface area contributed by atoms with Crippen LogP contribution >= 0.6 is 0 Å². The summed E-state index contributed by atoms with van der Waals surface area (Å²) in [5.41, 5.74) is 3.91. The summed E-state index contributed by atoms with van der Waals surface area (Å²) in [7, 11) is 3.38. The van der Waals surface area contributed by atoms with E-state index in [1.165, 1.54) is 5.01 Å². The second-order valence-corrected chi connectivity index (χ2v) is 5.83. The third kappa shape index (κ3) is 4.20. The van der Waals surface area contributed by atoms with Gasteiger partial charge in [-0.05, 0) is 35.9 Å². The van der Waals surface area contributed by atoms with Crippen LogP contribution < -0.4 is 20.2 Å². The van der Waals surface area contributed by atoms with E-state index in [9.17, 15) is 9.59 Å². The SMILES string of the molecule is CN(C)NC(=O)C(=Cc1ccc2c(c1)OCO2)NC(=O)c1ccccc1. The Hall–Kier alpha value is -3.32. The number of ether oxygens (including phenoxy) is 2. The first kappa shape index (κ1) is 17.5. The van der Waals surface area contributed by atoms with Crippen LogP contribution in [-0.4, -0.2) is 37.7 Å². The fraction of sp³-hybridized carbons (Fsp3) is 0.158. The standard InChI is InChI=1S/C19H19N3O4/c1-22(2)21-19(24)15(20-18(23)14-6-4-3-5-7-14)10-13-8-9-16-17(11-13)26-12-25-16/h3-11H,12H2,1-2H3,(H,20,23)(H,21,24). The Labute approximate surface area is 151 Å². The van der Waals surface area contributed by atoms with Crippen molar-refractivity contribution in [3.8, 4) is 11.5 Å². The van der Waals surface area contributed by atoms with Crippen LogP contribution in [0.25, 0.3) is 6.08 Å². The Balaban J connectivity index is 1.87. The van der Waals surface area contributed by atoms with Gasteiger partial charge in [-0.25, -0.2) is 5.01 Å². The van der Waals surface area contributed by atoms with E-state index in [1.807, 2.05) is 6.07 Å². The molecule has 0 aliphatic carbocycles. The number of nitrogens with one attached hydrogen (secondary N) is 2. The quantitative estimate of drug-likeness (QED) is 0.633. The zero-order valence-corrected chi connectivity index (χ0v) is 14.5. The second kappa shape index (κ2) is 7.71. The number of carbonyl (C=O) groups excluding carboxylic acids is 2. The van der Waals surface area contributed by atoms with Gasteiger partial charge in [0.1, 0.15) is 5.70 Å². The molecule has 0 bridgehead atoms. The van der Waals surface area contributed by atoms with Crippen LogP contribution in [-0.2, 0) is 4.79 Å². The van der Waals surface area contributed by atoms with E-state index in [2.05, 4.69) is 10.7 Å². The number of carbonyl (C=O) groups is 2. The van der Waals surface area contributed by atoms with Gasteiger partial charge in [0, 0.05) is 19.7 Å². The summed E-state index contributed by atoms with van der Waals surface area (Å²) in [5.74, 6) is 0.443. The van der Waals surface area contributed by atoms with Crippen LogP contribution in [0.1, 0.15) is 15.9 Å². The Morgan fingerprint density at radius 2 is 1.77 bits per heavy atom. The molecule has 134 valence electrons. The largest absolute Gasteiger partial charge is 0.454 e. The van der Waals surface area contributed by atoms with Gasteiger partial charge < -0.3 is 14.8 Å². The molecule has 2 aromatic rings. The second-order valence-electron chi connectivity index (χ2n) is 5.83. The van der Waals surface area contributed by atoms with Gasteiger partial charge in [-0.15, -0.1) is 0 Å². The number of amides is 2. The van der Waals surface area contributed by atoms with Crippen LogP contribution in [0, 0.1) is 0 Å². The maximum Gasteiger partial charge on any atom is 0.282 e. The van der Waals surface area contributed by atoms with Crippen molar-refractivity contribution in [1.29, 1.82) is 0 Å². The van der Waals surface area contributed by atoms with Gasteiger partial charge in [-0.2, -0.15) is 0 Å². The van der Waals surface area contributed by atoms with E-state index in [4.69, 9.17) is 9.47 Å². The molecule has 0 unspecified atom stereocenters. The minimum atomic E-state index is -0.433. The zero-order chi connectivity index (χ0) is 18.5. The van der Waals surface area contributed by atoms with Gasteiger partial charge in [0.2, 0.25) is 6.79 Å². The Kier molecular flexibility index (Phi) is 5.19. The van der Waals surface area contributed by atoms with E-state index < -0.39 is 5.91 Å². The fourth-order valence-electron chi connectivity index (χ4n) is 2.38. The summed E-state index contributed by atoms with van der Waals surface area (Å²) in [5, 5.41) is 4.17. The van der Waals surface area contributed by atoms with Crippen molar-refractivity contribution in [2.75, 3.05) is 20.9 Å². The topological polar surface area (TPSA) is 79.9 Å². The number of hydrogen-bond donors (Lipinski definition) is 2. The predicted octanol–water partition coefficient (Wildman–Crippen LogP) is 1.78. The minimum Gasteiger partial charge on any atom is -0.454 e. The maximum atomic E-state index is 12.5. The van der Waals surface area contributed by atoms with Crippen molar-refractivity contribution >= 4 is 17.9 Å². The normalized spacial score (nSPS) is 12.8. The van der Waals surface area contributed by atoms with Crippen LogP contribution in [0.15, 0.2) is 54.2 Å². The van der Waals surface area contributed by atoms with Crippen LogP contribution in [0.5, 0.6) is 11.5 Å². The highest BCUT2D eigenvalue weighted by atomic mass is 16.7. The van der Waals surface area contributed by atoms with Gasteiger partial charge in [-0.1, -0.05) is 24.3 Å². The summed E-state index contributed by atoms with van der Waals surface area (Å²) in [4.78, 5) is 24.9. The van der Waals surface area contributed by atoms with E-state index in [0.717, 1.165) is 0 Å². The molecule has 2 aromatic carbocycles. The number of hydrogen-bond acceptors (Lipinski definition) is 5. The summed E-state index contributed by atoms with van der Waals surface area (Å²) in [6.45, 7) is 0.168. The van der Waals surface area contributed by atoms with Crippen molar-refractivity contribution in [1.82, 2.24) is 15.8 Å². The first-order valence-electron chi connectivity index (χ1n) is 7.99. The molecule has 0 saturated heterocycles. The average molecular weight is 353 g/mol. The number of nitrogens with zero attached hydrogens (tertiary/aromatic N) is 1. The lowest BCUT2D eigenvalue weighted by molar-refractivity contribution is -0.121. The van der Waals surface area contributed by atoms with Crippen molar-refractivity contribution in [2.24, 2.45) is 0 Å². The number of hydrazine groups is 1. The molecule has 0 atom stereocenters. The smallest absolute Gasteiger partial charge is 0.282 e. The first-order valence-corrected chi connectivity index (χ1v) is 7.99. The Morgan fingerprint density at radius 3 is 2.50 bits per heavy atom. The third-order valence-electron chi connectivity index (χ3n) is 3.56. The molecule has 0 saturated carbocycles. The molecular weight excluding hydrogens is 334 g/mol. The van der Waals surface area contributed by atoms with Crippen molar-refractivity contribution in [2.45, 2.75) is 0 Å². The summed E-state index contributed by atoms with van der Waals surface area (Å²) in [6, 6.07) is 14.0. The van der Waals surface area contributed by atoms with Crippen LogP contribution in [0.2, 0.25) is 0 Å². The molecule has 0 aromatic heterocycles. The summed E-state index contributed by atoms with van der Waals surface area (Å²) < 4.78 is 10.6. The molecular formula is C19H19N3O4. The Bertz CT molecular complexity index is 847. The molecule has 3 rings (SSSR count). The lowest BCUT2D eigenvalue weighted by atomic mass is 10.1. The molecule has 7 heteroatoms. The van der Waals surface area contributed by atoms with E-state index in [1.54, 1.807) is 62.6 Å². The van der Waals surface area contributed by atoms with Gasteiger partial charge in [-0.3, -0.25) is 15.0 Å². The maximum absolute atomic E-state index is 12.5. The number of fused-ring (bicyclic) bond motifs is 1. The highest BCUT2D eigenvalue weighted by Crippen LogP contribution is 2.33. The lowest BCUT2D eigenvalue weighted by Gasteiger charge is -2.15. The van der Waals surface area contributed by atoms with Crippen molar-refractivity contribution < 1.29 is 19.1 Å². The van der Waals surface area contributed by atoms with Crippen molar-refractivity contribution in [3.63, 3.8) is 0 Å². The summed E-state index contributed by atoms with van der Waals surface area (Å²) >= 11 is 0. The molecule has 1 aliphatic heterocycles. The molecule has 2 N–H and O–H groups in total. The zero-order valence-electron chi connectivity index (χ0n) is 14.5. The lowest BCUT2D eigenvalue weighted by Crippen LogP contribution is -2.41. The third-order valence-corrected chi connectivity index (χ3v) is 3.56. The fourth-order valence-corrected chi connectivity index (χ4v) is 2.38. The van der Waals surface area contributed by atoms with Crippen LogP contribution in [0.3, 0.4) is 0 Å². The minimum absolute atomic E-state index is 0.117. The Morgan fingerprint density at radius 1 is 1.04 bits per heavy atom. The summed E-state index contributed by atoms with van der Waals surface area (Å²) in [6.07, 6.45) is 1.58. The monoisotopic (exact) mass is 353 g/mol. The molecule has 7 nitrogen and oxygen atoms in total. The van der Waals surface area contributed by atoms with Crippen molar-refractivity contribution in [3.05, 3.63) is 65.4 Å². The molecule has 0 fully saturated rings. The van der Waals surface area contributed by atoms with Crippen LogP contribution in [0.4, 0.5) is 0 Å². The predicted molar refractivity (Wildman–Crippen MR) is 96.3 cm³/mol. The molecule has 0 radical (unpaired) electrons. The van der Waals surface area contributed by atoms with E-state index in [0.29, 0.717) is 22.6 Å². The number of benzene rings is 2. The molecule has 0 spiro atoms. The highest BCUT2D eigenvalue weighted by molar-refractivity contribution is 6.05. The van der Waals surface area contributed by atoms with Gasteiger partial charge in [0.05, 0.1) is 0 Å². The molecule has 26 heavy (non-hydrogen) atoms. The van der Waals surface area contributed by atoms with Gasteiger partial charge in [0.25, 0.3) is 11.8 Å². The highest BCUT2D eigenvalue weighted by Gasteiger charge is 2.17. The van der Waals surface area contributed by atoms with Gasteiger partial charge >= 0.3 is 0 Å². The molecule has 2 amide bonds. The molecule has 1 aliphatic rings. The molecule has 1 heterocycles. The van der Waals surface area contributed by atoms with E-state index >= 15 is 0 Å². The van der Waals surface area contributed by atoms with Gasteiger partial charge in [0.15, 0.2) is 11.5 Å². The number of rotatable bonds is 5. The van der Waals surface area contributed by atoms with E-state index in [-0.39, 0.29) is 18.4 Å². The average Bonchev–Trinajstić information content (AvgIpc) is 3.09. The first-order chi connectivity index (χ1) is 12.5.